The van der Waals surface area contributed by atoms with Crippen LogP contribution < -0.4 is 0 Å². The van der Waals surface area contributed by atoms with E-state index in [-0.39, 0.29) is 5.91 Å². The van der Waals surface area contributed by atoms with E-state index < -0.39 is 11.6 Å². The topological polar surface area (TPSA) is 63.4 Å². The van der Waals surface area contributed by atoms with Crippen molar-refractivity contribution in [2.24, 2.45) is 5.92 Å². The molecule has 1 atom stereocenters. The van der Waals surface area contributed by atoms with Crippen molar-refractivity contribution >= 4 is 11.6 Å². The first-order valence-corrected chi connectivity index (χ1v) is 9.01. The van der Waals surface area contributed by atoms with Gasteiger partial charge < -0.3 is 4.90 Å². The summed E-state index contributed by atoms with van der Waals surface area (Å²) in [5.41, 5.74) is 1.88. The Kier molecular flexibility index (Phi) is 4.79. The number of benzene rings is 1. The molecule has 0 bridgehead atoms. The van der Waals surface area contributed by atoms with E-state index in [4.69, 9.17) is 0 Å². The SMILES string of the molecule is O=C(c1ccn2nnnc2c1)N1CCCC(CCc2ccc(F)c(F)c2)C1. The predicted molar refractivity (Wildman–Crippen MR) is 94.1 cm³/mol. The second kappa shape index (κ2) is 7.38. The molecule has 0 N–H and O–H groups in total. The molecule has 1 unspecified atom stereocenters. The molecule has 0 spiro atoms. The molecule has 27 heavy (non-hydrogen) atoms. The lowest BCUT2D eigenvalue weighted by atomic mass is 9.91. The maximum atomic E-state index is 13.3. The molecule has 0 aliphatic carbocycles. The summed E-state index contributed by atoms with van der Waals surface area (Å²) >= 11 is 0. The van der Waals surface area contributed by atoms with E-state index in [0.717, 1.165) is 37.4 Å². The zero-order chi connectivity index (χ0) is 18.8. The molecule has 1 aliphatic rings. The summed E-state index contributed by atoms with van der Waals surface area (Å²) in [5, 5.41) is 11.2. The van der Waals surface area contributed by atoms with Crippen LogP contribution in [-0.4, -0.2) is 43.9 Å². The summed E-state index contributed by atoms with van der Waals surface area (Å²) in [4.78, 5) is 14.7. The van der Waals surface area contributed by atoms with Crippen LogP contribution in [-0.2, 0) is 6.42 Å². The number of pyridine rings is 1. The number of aromatic nitrogens is 4. The maximum absolute atomic E-state index is 13.3. The third-order valence-electron chi connectivity index (χ3n) is 5.08. The minimum absolute atomic E-state index is 0.0296. The van der Waals surface area contributed by atoms with Crippen LogP contribution in [0.1, 0.15) is 35.2 Å². The van der Waals surface area contributed by atoms with Crippen molar-refractivity contribution in [1.82, 2.24) is 24.9 Å². The highest BCUT2D eigenvalue weighted by atomic mass is 19.2. The largest absolute Gasteiger partial charge is 0.338 e. The smallest absolute Gasteiger partial charge is 0.254 e. The van der Waals surface area contributed by atoms with Crippen molar-refractivity contribution in [3.8, 4) is 0 Å². The first kappa shape index (κ1) is 17.5. The molecule has 1 fully saturated rings. The molecule has 4 rings (SSSR count). The average molecular weight is 371 g/mol. The van der Waals surface area contributed by atoms with Gasteiger partial charge in [0.25, 0.3) is 5.91 Å². The number of hydrogen-bond donors (Lipinski definition) is 0. The average Bonchev–Trinajstić information content (AvgIpc) is 3.16. The van der Waals surface area contributed by atoms with Crippen molar-refractivity contribution < 1.29 is 13.6 Å². The number of hydrogen-bond acceptors (Lipinski definition) is 4. The van der Waals surface area contributed by atoms with Gasteiger partial charge in [-0.25, -0.2) is 13.3 Å². The molecule has 3 aromatic rings. The Morgan fingerprint density at radius 2 is 2.07 bits per heavy atom. The molecule has 1 aliphatic heterocycles. The normalized spacial score (nSPS) is 17.4. The number of amides is 1. The van der Waals surface area contributed by atoms with Crippen molar-refractivity contribution in [3.63, 3.8) is 0 Å². The number of nitrogens with zero attached hydrogens (tertiary/aromatic N) is 5. The fraction of sp³-hybridized carbons (Fsp3) is 0.368. The Morgan fingerprint density at radius 1 is 1.19 bits per heavy atom. The number of carbonyl (C=O) groups is 1. The van der Waals surface area contributed by atoms with E-state index in [9.17, 15) is 13.6 Å². The predicted octanol–water partition coefficient (Wildman–Crippen LogP) is 2.89. The van der Waals surface area contributed by atoms with E-state index in [1.165, 1.54) is 10.6 Å². The fourth-order valence-electron chi connectivity index (χ4n) is 3.61. The van der Waals surface area contributed by atoms with Crippen LogP contribution in [0.4, 0.5) is 8.78 Å². The van der Waals surface area contributed by atoms with Gasteiger partial charge in [-0.3, -0.25) is 4.79 Å². The van der Waals surface area contributed by atoms with E-state index in [0.29, 0.717) is 30.1 Å². The lowest BCUT2D eigenvalue weighted by Crippen LogP contribution is -2.40. The van der Waals surface area contributed by atoms with Gasteiger partial charge in [-0.05, 0) is 71.9 Å². The molecule has 0 radical (unpaired) electrons. The fourth-order valence-corrected chi connectivity index (χ4v) is 3.61. The Hall–Kier alpha value is -2.90. The number of halogens is 2. The van der Waals surface area contributed by atoms with E-state index in [1.807, 2.05) is 4.90 Å². The van der Waals surface area contributed by atoms with E-state index in [1.54, 1.807) is 24.4 Å². The van der Waals surface area contributed by atoms with Gasteiger partial charge >= 0.3 is 0 Å². The van der Waals surface area contributed by atoms with Crippen LogP contribution in [0.15, 0.2) is 36.5 Å². The van der Waals surface area contributed by atoms with Crippen LogP contribution >= 0.6 is 0 Å². The Balaban J connectivity index is 1.39. The third kappa shape index (κ3) is 3.79. The maximum Gasteiger partial charge on any atom is 0.254 e. The number of fused-ring (bicyclic) bond motifs is 1. The monoisotopic (exact) mass is 371 g/mol. The summed E-state index contributed by atoms with van der Waals surface area (Å²) in [6.07, 6.45) is 5.14. The summed E-state index contributed by atoms with van der Waals surface area (Å²) in [6.45, 7) is 1.38. The van der Waals surface area contributed by atoms with Gasteiger partial charge in [0.2, 0.25) is 0 Å². The molecule has 3 heterocycles. The number of likely N-dealkylation sites (tertiary alicyclic amines) is 1. The van der Waals surface area contributed by atoms with Crippen LogP contribution in [0.25, 0.3) is 5.65 Å². The van der Waals surface area contributed by atoms with Gasteiger partial charge in [-0.15, -0.1) is 5.10 Å². The quantitative estimate of drug-likeness (QED) is 0.707. The van der Waals surface area contributed by atoms with Crippen molar-refractivity contribution in [2.45, 2.75) is 25.7 Å². The van der Waals surface area contributed by atoms with Crippen molar-refractivity contribution in [2.75, 3.05) is 13.1 Å². The first-order valence-electron chi connectivity index (χ1n) is 9.01. The van der Waals surface area contributed by atoms with Crippen LogP contribution in [0.3, 0.4) is 0 Å². The number of tetrazole rings is 1. The zero-order valence-corrected chi connectivity index (χ0v) is 14.7. The van der Waals surface area contributed by atoms with Crippen LogP contribution in [0.5, 0.6) is 0 Å². The van der Waals surface area contributed by atoms with E-state index in [2.05, 4.69) is 15.5 Å². The molecule has 1 saturated heterocycles. The van der Waals surface area contributed by atoms with Gasteiger partial charge in [0.1, 0.15) is 0 Å². The Labute approximate surface area is 154 Å². The first-order chi connectivity index (χ1) is 13.1. The summed E-state index contributed by atoms with van der Waals surface area (Å²) in [7, 11) is 0. The summed E-state index contributed by atoms with van der Waals surface area (Å²) in [6, 6.07) is 7.44. The zero-order valence-electron chi connectivity index (χ0n) is 14.7. The molecule has 1 aromatic carbocycles. The molecule has 140 valence electrons. The van der Waals surface area contributed by atoms with Gasteiger partial charge in [0.05, 0.1) is 0 Å². The van der Waals surface area contributed by atoms with Crippen LogP contribution in [0.2, 0.25) is 0 Å². The lowest BCUT2D eigenvalue weighted by molar-refractivity contribution is 0.0668. The highest BCUT2D eigenvalue weighted by Crippen LogP contribution is 2.23. The highest BCUT2D eigenvalue weighted by Gasteiger charge is 2.24. The van der Waals surface area contributed by atoms with Gasteiger partial charge in [0.15, 0.2) is 17.3 Å². The van der Waals surface area contributed by atoms with Crippen molar-refractivity contribution in [1.29, 1.82) is 0 Å². The Bertz CT molecular complexity index is 974. The lowest BCUT2D eigenvalue weighted by Gasteiger charge is -2.33. The molecule has 0 saturated carbocycles. The second-order valence-electron chi connectivity index (χ2n) is 6.94. The van der Waals surface area contributed by atoms with Gasteiger partial charge in [-0.2, -0.15) is 0 Å². The number of aryl methyl sites for hydroxylation is 1. The molecule has 2 aromatic heterocycles. The molecule has 6 nitrogen and oxygen atoms in total. The summed E-state index contributed by atoms with van der Waals surface area (Å²) in [5.74, 6) is -1.33. The Morgan fingerprint density at radius 3 is 2.93 bits per heavy atom. The summed E-state index contributed by atoms with van der Waals surface area (Å²) < 4.78 is 27.9. The third-order valence-corrected chi connectivity index (χ3v) is 5.08. The molecule has 8 heteroatoms. The number of carbonyl (C=O) groups excluding carboxylic acids is 1. The minimum atomic E-state index is -0.826. The standard InChI is InChI=1S/C19H19F2N5O/c20-16-6-5-13(10-17(16)21)3-4-14-2-1-8-25(12-14)19(27)15-7-9-26-18(11-15)22-23-24-26/h5-7,9-11,14H,1-4,8,12H2. The molecular weight excluding hydrogens is 352 g/mol. The molecular formula is C19H19F2N5O. The molecule has 1 amide bonds. The number of rotatable bonds is 4. The second-order valence-corrected chi connectivity index (χ2v) is 6.94. The highest BCUT2D eigenvalue weighted by molar-refractivity contribution is 5.95. The number of piperidine rings is 1. The minimum Gasteiger partial charge on any atom is -0.338 e. The van der Waals surface area contributed by atoms with Crippen LogP contribution in [0, 0.1) is 17.6 Å². The van der Waals surface area contributed by atoms with Crippen molar-refractivity contribution in [3.05, 3.63) is 59.3 Å². The van der Waals surface area contributed by atoms with E-state index >= 15 is 0 Å². The van der Waals surface area contributed by atoms with Gasteiger partial charge in [-0.1, -0.05) is 6.07 Å². The van der Waals surface area contributed by atoms with Gasteiger partial charge in [0, 0.05) is 24.8 Å².